The van der Waals surface area contributed by atoms with Gasteiger partial charge in [0.15, 0.2) is 0 Å². The van der Waals surface area contributed by atoms with Crippen LogP contribution in [0.3, 0.4) is 0 Å². The molecule has 1 aromatic carbocycles. The topological polar surface area (TPSA) is 34.0 Å². The summed E-state index contributed by atoms with van der Waals surface area (Å²) in [5.41, 5.74) is 1.33. The van der Waals surface area contributed by atoms with Crippen molar-refractivity contribution in [3.8, 4) is 5.75 Å². The Morgan fingerprint density at radius 1 is 1.22 bits per heavy atom. The van der Waals surface area contributed by atoms with E-state index in [1.165, 1.54) is 29.8 Å². The minimum absolute atomic E-state index is 0.236. The van der Waals surface area contributed by atoms with Gasteiger partial charge in [0.1, 0.15) is 12.3 Å². The maximum absolute atomic E-state index is 12.6. The minimum Gasteiger partial charge on any atom is -0.494 e. The molecule has 126 valence electrons. The van der Waals surface area contributed by atoms with Crippen LogP contribution in [0.15, 0.2) is 24.3 Å². The van der Waals surface area contributed by atoms with E-state index in [0.29, 0.717) is 12.5 Å². The lowest BCUT2D eigenvalue weighted by atomic mass is 9.96. The fourth-order valence-electron chi connectivity index (χ4n) is 3.88. The smallest absolute Gasteiger partial charge is 0.231 e. The molecule has 2 aliphatic heterocycles. The number of piperidine rings is 1. The molecule has 0 aromatic heterocycles. The van der Waals surface area contributed by atoms with Gasteiger partial charge >= 0.3 is 0 Å². The average Bonchev–Trinajstić information content (AvgIpc) is 3.11. The van der Waals surface area contributed by atoms with Gasteiger partial charge in [0.2, 0.25) is 5.91 Å². The molecule has 4 nitrogen and oxygen atoms in total. The Bertz CT molecular complexity index is 509. The first-order valence-corrected chi connectivity index (χ1v) is 9.10. The molecule has 2 atom stereocenters. The van der Waals surface area contributed by atoms with Crippen molar-refractivity contribution < 1.29 is 14.4 Å². The maximum Gasteiger partial charge on any atom is 0.231 e. The third kappa shape index (κ3) is 4.25. The zero-order valence-corrected chi connectivity index (χ0v) is 14.2. The fraction of sp³-hybridized carbons (Fsp3) is 0.632. The van der Waals surface area contributed by atoms with Gasteiger partial charge in [-0.25, -0.2) is 0 Å². The number of rotatable bonds is 5. The maximum atomic E-state index is 12.6. The molecule has 2 fully saturated rings. The third-order valence-electron chi connectivity index (χ3n) is 5.07. The van der Waals surface area contributed by atoms with Gasteiger partial charge in [0.05, 0.1) is 25.6 Å². The van der Waals surface area contributed by atoms with Gasteiger partial charge in [-0.3, -0.25) is 4.79 Å². The highest BCUT2D eigenvalue weighted by atomic mass is 16.5. The van der Waals surface area contributed by atoms with Crippen LogP contribution in [0.25, 0.3) is 0 Å². The van der Waals surface area contributed by atoms with Crippen LogP contribution in [0.2, 0.25) is 0 Å². The van der Waals surface area contributed by atoms with E-state index in [9.17, 15) is 4.79 Å². The number of hydrogen-bond donors (Lipinski definition) is 1. The second kappa shape index (κ2) is 7.82. The summed E-state index contributed by atoms with van der Waals surface area (Å²) < 4.78 is 5.50. The van der Waals surface area contributed by atoms with Gasteiger partial charge in [-0.1, -0.05) is 0 Å². The summed E-state index contributed by atoms with van der Waals surface area (Å²) in [5.74, 6) is 1.58. The van der Waals surface area contributed by atoms with Gasteiger partial charge in [0, 0.05) is 18.7 Å². The number of benzene rings is 1. The molecule has 23 heavy (non-hydrogen) atoms. The van der Waals surface area contributed by atoms with Crippen molar-refractivity contribution in [3.63, 3.8) is 0 Å². The van der Waals surface area contributed by atoms with E-state index >= 15 is 0 Å². The van der Waals surface area contributed by atoms with Crippen LogP contribution in [-0.4, -0.2) is 43.6 Å². The highest BCUT2D eigenvalue weighted by molar-refractivity contribution is 5.79. The van der Waals surface area contributed by atoms with E-state index in [0.717, 1.165) is 44.8 Å². The summed E-state index contributed by atoms with van der Waals surface area (Å²) >= 11 is 0. The Morgan fingerprint density at radius 3 is 2.65 bits per heavy atom. The lowest BCUT2D eigenvalue weighted by molar-refractivity contribution is -0.921. The van der Waals surface area contributed by atoms with Crippen molar-refractivity contribution in [3.05, 3.63) is 29.8 Å². The number of carbonyl (C=O) groups is 1. The standard InChI is InChI=1S/C19H28N2O2/c1-2-23-18-9-7-16(8-10-18)14-20-11-5-6-17(15-20)19(22)21-12-3-4-13-21/h7-10,17H,2-6,11-15H2,1H3/p+1/t17-/m0/s1. The van der Waals surface area contributed by atoms with E-state index in [1.54, 1.807) is 0 Å². The number of hydrogen-bond acceptors (Lipinski definition) is 2. The number of nitrogens with zero attached hydrogens (tertiary/aromatic N) is 1. The molecule has 0 saturated carbocycles. The molecule has 1 amide bonds. The first-order valence-electron chi connectivity index (χ1n) is 9.10. The quantitative estimate of drug-likeness (QED) is 0.893. The van der Waals surface area contributed by atoms with Gasteiger partial charge in [0.25, 0.3) is 0 Å². The number of amides is 1. The number of quaternary nitrogens is 1. The van der Waals surface area contributed by atoms with Gasteiger partial charge in [-0.2, -0.15) is 0 Å². The van der Waals surface area contributed by atoms with Crippen molar-refractivity contribution in [2.24, 2.45) is 5.92 Å². The van der Waals surface area contributed by atoms with E-state index < -0.39 is 0 Å². The first-order chi connectivity index (χ1) is 11.3. The second-order valence-electron chi connectivity index (χ2n) is 6.83. The zero-order chi connectivity index (χ0) is 16.1. The SMILES string of the molecule is CCOc1ccc(C[NH+]2CCC[C@H](C(=O)N3CCCC3)C2)cc1. The van der Waals surface area contributed by atoms with Gasteiger partial charge < -0.3 is 14.5 Å². The molecule has 4 heteroatoms. The van der Waals surface area contributed by atoms with Crippen molar-refractivity contribution >= 4 is 5.91 Å². The molecule has 2 aliphatic rings. The Morgan fingerprint density at radius 2 is 1.96 bits per heavy atom. The Labute approximate surface area is 139 Å². The lowest BCUT2D eigenvalue weighted by Gasteiger charge is -2.31. The molecule has 0 aliphatic carbocycles. The highest BCUT2D eigenvalue weighted by Crippen LogP contribution is 2.17. The summed E-state index contributed by atoms with van der Waals surface area (Å²) in [6.07, 6.45) is 4.60. The summed E-state index contributed by atoms with van der Waals surface area (Å²) in [6, 6.07) is 8.41. The predicted molar refractivity (Wildman–Crippen MR) is 90.5 cm³/mol. The van der Waals surface area contributed by atoms with Crippen molar-refractivity contribution in [2.75, 3.05) is 32.8 Å². The molecule has 0 radical (unpaired) electrons. The first kappa shape index (κ1) is 16.3. The van der Waals surface area contributed by atoms with E-state index in [-0.39, 0.29) is 5.92 Å². The predicted octanol–water partition coefficient (Wildman–Crippen LogP) is 1.50. The molecule has 3 rings (SSSR count). The molecule has 2 saturated heterocycles. The van der Waals surface area contributed by atoms with E-state index in [2.05, 4.69) is 29.2 Å². The Kier molecular flexibility index (Phi) is 5.55. The minimum atomic E-state index is 0.236. The van der Waals surface area contributed by atoms with Gasteiger partial charge in [-0.15, -0.1) is 0 Å². The molecule has 1 unspecified atom stereocenters. The number of ether oxygens (including phenoxy) is 1. The van der Waals surface area contributed by atoms with Crippen LogP contribution in [0, 0.1) is 5.92 Å². The van der Waals surface area contributed by atoms with Crippen LogP contribution < -0.4 is 9.64 Å². The van der Waals surface area contributed by atoms with Crippen LogP contribution >= 0.6 is 0 Å². The molecule has 2 heterocycles. The van der Waals surface area contributed by atoms with E-state index in [1.807, 2.05) is 6.92 Å². The van der Waals surface area contributed by atoms with Crippen LogP contribution in [0.5, 0.6) is 5.75 Å². The fourth-order valence-corrected chi connectivity index (χ4v) is 3.88. The Hall–Kier alpha value is -1.55. The van der Waals surface area contributed by atoms with Crippen molar-refractivity contribution in [1.29, 1.82) is 0 Å². The summed E-state index contributed by atoms with van der Waals surface area (Å²) in [6.45, 7) is 7.84. The number of likely N-dealkylation sites (tertiary alicyclic amines) is 2. The summed E-state index contributed by atoms with van der Waals surface area (Å²) in [5, 5.41) is 0. The molecule has 1 N–H and O–H groups in total. The molecule has 1 aromatic rings. The number of carbonyl (C=O) groups excluding carboxylic acids is 1. The van der Waals surface area contributed by atoms with Crippen LogP contribution in [-0.2, 0) is 11.3 Å². The Balaban J connectivity index is 1.54. The van der Waals surface area contributed by atoms with Crippen LogP contribution in [0.1, 0.15) is 38.2 Å². The second-order valence-corrected chi connectivity index (χ2v) is 6.83. The number of nitrogens with one attached hydrogen (secondary N) is 1. The summed E-state index contributed by atoms with van der Waals surface area (Å²) in [4.78, 5) is 16.2. The molecule has 0 spiro atoms. The average molecular weight is 317 g/mol. The van der Waals surface area contributed by atoms with Crippen molar-refractivity contribution in [2.45, 2.75) is 39.2 Å². The monoisotopic (exact) mass is 317 g/mol. The largest absolute Gasteiger partial charge is 0.494 e. The highest BCUT2D eigenvalue weighted by Gasteiger charge is 2.32. The summed E-state index contributed by atoms with van der Waals surface area (Å²) in [7, 11) is 0. The third-order valence-corrected chi connectivity index (χ3v) is 5.07. The van der Waals surface area contributed by atoms with Gasteiger partial charge in [-0.05, 0) is 56.9 Å². The molecular formula is C19H29N2O2+. The zero-order valence-electron chi connectivity index (χ0n) is 14.2. The van der Waals surface area contributed by atoms with Crippen molar-refractivity contribution in [1.82, 2.24) is 4.90 Å². The molecule has 0 bridgehead atoms. The molecular weight excluding hydrogens is 288 g/mol. The lowest BCUT2D eigenvalue weighted by Crippen LogP contribution is -3.12. The van der Waals surface area contributed by atoms with Crippen LogP contribution in [0.4, 0.5) is 0 Å². The van der Waals surface area contributed by atoms with E-state index in [4.69, 9.17) is 4.74 Å². The normalized spacial score (nSPS) is 24.7.